The standard InChI is InChI=1S/C20H25NO3/c1-5-15-9-7-8-14(3)19(15)21-20(22)16-10-11-18(24-6-2)17(12-16)13-23-4/h7-12H,5-6,13H2,1-4H3,(H,21,22). The molecule has 1 N–H and O–H groups in total. The number of rotatable bonds is 7. The Labute approximate surface area is 143 Å². The second-order valence-corrected chi connectivity index (χ2v) is 5.61. The van der Waals surface area contributed by atoms with Crippen molar-refractivity contribution in [1.29, 1.82) is 0 Å². The Kier molecular flexibility index (Phi) is 6.38. The summed E-state index contributed by atoms with van der Waals surface area (Å²) >= 11 is 0. The van der Waals surface area contributed by atoms with Crippen LogP contribution in [0.4, 0.5) is 5.69 Å². The van der Waals surface area contributed by atoms with Gasteiger partial charge >= 0.3 is 0 Å². The lowest BCUT2D eigenvalue weighted by atomic mass is 10.0. The SMILES string of the molecule is CCOc1ccc(C(=O)Nc2c(C)cccc2CC)cc1COC. The molecule has 4 nitrogen and oxygen atoms in total. The van der Waals surface area contributed by atoms with E-state index in [4.69, 9.17) is 9.47 Å². The number of aryl methyl sites for hydroxylation is 2. The summed E-state index contributed by atoms with van der Waals surface area (Å²) in [5.74, 6) is 0.625. The number of methoxy groups -OCH3 is 1. The van der Waals surface area contributed by atoms with Gasteiger partial charge in [0.15, 0.2) is 0 Å². The van der Waals surface area contributed by atoms with Gasteiger partial charge in [-0.3, -0.25) is 4.79 Å². The van der Waals surface area contributed by atoms with Crippen LogP contribution in [0.25, 0.3) is 0 Å². The zero-order valence-corrected chi connectivity index (χ0v) is 14.8. The highest BCUT2D eigenvalue weighted by molar-refractivity contribution is 6.05. The van der Waals surface area contributed by atoms with Crippen LogP contribution in [0.3, 0.4) is 0 Å². The minimum atomic E-state index is -0.126. The normalized spacial score (nSPS) is 10.5. The molecule has 2 aromatic carbocycles. The first-order valence-electron chi connectivity index (χ1n) is 8.25. The van der Waals surface area contributed by atoms with Gasteiger partial charge in [0, 0.05) is 23.9 Å². The van der Waals surface area contributed by atoms with Gasteiger partial charge in [0.1, 0.15) is 5.75 Å². The highest BCUT2D eigenvalue weighted by Crippen LogP contribution is 2.24. The molecule has 0 spiro atoms. The zero-order valence-electron chi connectivity index (χ0n) is 14.8. The van der Waals surface area contributed by atoms with Crippen molar-refractivity contribution in [3.8, 4) is 5.75 Å². The van der Waals surface area contributed by atoms with Gasteiger partial charge in [0.2, 0.25) is 0 Å². The average molecular weight is 327 g/mol. The van der Waals surface area contributed by atoms with Gasteiger partial charge in [-0.1, -0.05) is 25.1 Å². The van der Waals surface area contributed by atoms with Gasteiger partial charge in [-0.2, -0.15) is 0 Å². The molecule has 0 atom stereocenters. The van der Waals surface area contributed by atoms with E-state index in [2.05, 4.69) is 12.2 Å². The zero-order chi connectivity index (χ0) is 17.5. The monoisotopic (exact) mass is 327 g/mol. The highest BCUT2D eigenvalue weighted by Gasteiger charge is 2.13. The van der Waals surface area contributed by atoms with Crippen LogP contribution in [0.1, 0.15) is 40.9 Å². The van der Waals surface area contributed by atoms with E-state index in [1.165, 1.54) is 0 Å². The second-order valence-electron chi connectivity index (χ2n) is 5.61. The van der Waals surface area contributed by atoms with Crippen LogP contribution in [-0.2, 0) is 17.8 Å². The van der Waals surface area contributed by atoms with E-state index in [1.807, 2.05) is 44.2 Å². The molecule has 4 heteroatoms. The second kappa shape index (κ2) is 8.50. The first-order chi connectivity index (χ1) is 11.6. The van der Waals surface area contributed by atoms with Crippen LogP contribution in [0.5, 0.6) is 5.75 Å². The first-order valence-corrected chi connectivity index (χ1v) is 8.25. The van der Waals surface area contributed by atoms with Crippen LogP contribution in [-0.4, -0.2) is 19.6 Å². The van der Waals surface area contributed by atoms with Crippen LogP contribution >= 0.6 is 0 Å². The fourth-order valence-electron chi connectivity index (χ4n) is 2.67. The van der Waals surface area contributed by atoms with E-state index in [-0.39, 0.29) is 5.91 Å². The summed E-state index contributed by atoms with van der Waals surface area (Å²) in [6.45, 7) is 7.00. The van der Waals surface area contributed by atoms with E-state index in [9.17, 15) is 4.79 Å². The Morgan fingerprint density at radius 2 is 1.92 bits per heavy atom. The van der Waals surface area contributed by atoms with Crippen molar-refractivity contribution in [3.63, 3.8) is 0 Å². The van der Waals surface area contributed by atoms with E-state index < -0.39 is 0 Å². The number of ether oxygens (including phenoxy) is 2. The van der Waals surface area contributed by atoms with Crippen molar-refractivity contribution in [1.82, 2.24) is 0 Å². The molecule has 0 saturated heterocycles. The van der Waals surface area contributed by atoms with Crippen molar-refractivity contribution in [2.75, 3.05) is 19.0 Å². The van der Waals surface area contributed by atoms with Gasteiger partial charge in [-0.25, -0.2) is 0 Å². The Hall–Kier alpha value is -2.33. The third-order valence-corrected chi connectivity index (χ3v) is 3.90. The summed E-state index contributed by atoms with van der Waals surface area (Å²) in [6.07, 6.45) is 0.871. The number of para-hydroxylation sites is 1. The number of carbonyl (C=O) groups excluding carboxylic acids is 1. The number of nitrogens with one attached hydrogen (secondary N) is 1. The summed E-state index contributed by atoms with van der Waals surface area (Å²) in [5.41, 5.74) is 4.55. The molecule has 128 valence electrons. The number of anilines is 1. The van der Waals surface area contributed by atoms with Crippen LogP contribution in [0.2, 0.25) is 0 Å². The molecule has 2 aromatic rings. The summed E-state index contributed by atoms with van der Waals surface area (Å²) in [5, 5.41) is 3.05. The quantitative estimate of drug-likeness (QED) is 0.822. The third kappa shape index (κ3) is 4.15. The predicted molar refractivity (Wildman–Crippen MR) is 96.8 cm³/mol. The lowest BCUT2D eigenvalue weighted by Gasteiger charge is -2.15. The summed E-state index contributed by atoms with van der Waals surface area (Å²) in [4.78, 5) is 12.7. The Morgan fingerprint density at radius 1 is 1.12 bits per heavy atom. The van der Waals surface area contributed by atoms with Crippen molar-refractivity contribution in [2.45, 2.75) is 33.8 Å². The fraction of sp³-hybridized carbons (Fsp3) is 0.350. The van der Waals surface area contributed by atoms with E-state index in [1.54, 1.807) is 13.2 Å². The molecule has 0 bridgehead atoms. The topological polar surface area (TPSA) is 47.6 Å². The van der Waals surface area contributed by atoms with Crippen LogP contribution in [0, 0.1) is 6.92 Å². The van der Waals surface area contributed by atoms with Gasteiger partial charge in [0.25, 0.3) is 5.91 Å². The average Bonchev–Trinajstić information content (AvgIpc) is 2.58. The molecule has 0 aromatic heterocycles. The molecule has 0 aliphatic rings. The first kappa shape index (κ1) is 18.0. The maximum Gasteiger partial charge on any atom is 0.255 e. The number of hydrogen-bond donors (Lipinski definition) is 1. The van der Waals surface area contributed by atoms with Crippen molar-refractivity contribution < 1.29 is 14.3 Å². The fourth-order valence-corrected chi connectivity index (χ4v) is 2.67. The third-order valence-electron chi connectivity index (χ3n) is 3.90. The van der Waals surface area contributed by atoms with Crippen molar-refractivity contribution >= 4 is 11.6 Å². The number of carbonyl (C=O) groups is 1. The Morgan fingerprint density at radius 3 is 2.58 bits per heavy atom. The van der Waals surface area contributed by atoms with Crippen LogP contribution in [0.15, 0.2) is 36.4 Å². The van der Waals surface area contributed by atoms with E-state index in [0.717, 1.165) is 34.5 Å². The number of amides is 1. The molecular weight excluding hydrogens is 302 g/mol. The van der Waals surface area contributed by atoms with Crippen LogP contribution < -0.4 is 10.1 Å². The van der Waals surface area contributed by atoms with Gasteiger partial charge < -0.3 is 14.8 Å². The largest absolute Gasteiger partial charge is 0.494 e. The maximum absolute atomic E-state index is 12.7. The Balaban J connectivity index is 2.28. The molecule has 2 rings (SSSR count). The lowest BCUT2D eigenvalue weighted by molar-refractivity contribution is 0.102. The molecule has 0 aliphatic carbocycles. The molecule has 0 aliphatic heterocycles. The minimum absolute atomic E-state index is 0.126. The maximum atomic E-state index is 12.7. The van der Waals surface area contributed by atoms with Gasteiger partial charge in [-0.15, -0.1) is 0 Å². The molecule has 1 amide bonds. The minimum Gasteiger partial charge on any atom is -0.494 e. The van der Waals surface area contributed by atoms with Gasteiger partial charge in [-0.05, 0) is 49.6 Å². The number of hydrogen-bond acceptors (Lipinski definition) is 3. The van der Waals surface area contributed by atoms with E-state index >= 15 is 0 Å². The summed E-state index contributed by atoms with van der Waals surface area (Å²) < 4.78 is 10.8. The van der Waals surface area contributed by atoms with Crippen molar-refractivity contribution in [2.24, 2.45) is 0 Å². The lowest BCUT2D eigenvalue weighted by Crippen LogP contribution is -2.15. The van der Waals surface area contributed by atoms with E-state index in [0.29, 0.717) is 18.8 Å². The molecule has 0 radical (unpaired) electrons. The van der Waals surface area contributed by atoms with Gasteiger partial charge in [0.05, 0.1) is 13.2 Å². The molecular formula is C20H25NO3. The molecule has 0 heterocycles. The molecule has 0 saturated carbocycles. The number of benzene rings is 2. The molecule has 24 heavy (non-hydrogen) atoms. The smallest absolute Gasteiger partial charge is 0.255 e. The highest BCUT2D eigenvalue weighted by atomic mass is 16.5. The molecule has 0 fully saturated rings. The predicted octanol–water partition coefficient (Wildman–Crippen LogP) is 4.35. The molecule has 0 unspecified atom stereocenters. The summed E-state index contributed by atoms with van der Waals surface area (Å²) in [7, 11) is 1.63. The van der Waals surface area contributed by atoms with Crippen molar-refractivity contribution in [3.05, 3.63) is 58.7 Å². The summed E-state index contributed by atoms with van der Waals surface area (Å²) in [6, 6.07) is 11.5. The Bertz CT molecular complexity index is 710.